The van der Waals surface area contributed by atoms with Crippen LogP contribution < -0.4 is 5.32 Å². The first-order chi connectivity index (χ1) is 6.50. The summed E-state index contributed by atoms with van der Waals surface area (Å²) in [6.45, 7) is 0. The SMILES string of the molecule is O=C(O)C(Cl)Nc1ccc(O)c(O)c1. The van der Waals surface area contributed by atoms with Gasteiger partial charge in [0.05, 0.1) is 0 Å². The Morgan fingerprint density at radius 3 is 2.50 bits per heavy atom. The van der Waals surface area contributed by atoms with E-state index in [0.717, 1.165) is 0 Å². The average Bonchev–Trinajstić information content (AvgIpc) is 2.11. The monoisotopic (exact) mass is 217 g/mol. The molecule has 0 aromatic heterocycles. The van der Waals surface area contributed by atoms with Crippen LogP contribution in [0.25, 0.3) is 0 Å². The fourth-order valence-corrected chi connectivity index (χ4v) is 0.947. The smallest absolute Gasteiger partial charge is 0.341 e. The van der Waals surface area contributed by atoms with E-state index in [1.165, 1.54) is 18.2 Å². The van der Waals surface area contributed by atoms with Crippen LogP contribution in [0.3, 0.4) is 0 Å². The van der Waals surface area contributed by atoms with Gasteiger partial charge in [-0.1, -0.05) is 11.6 Å². The molecule has 1 aromatic rings. The number of aromatic hydroxyl groups is 2. The van der Waals surface area contributed by atoms with E-state index in [9.17, 15) is 4.79 Å². The predicted octanol–water partition coefficient (Wildman–Crippen LogP) is 1.16. The number of rotatable bonds is 3. The Labute approximate surface area is 84.6 Å². The standard InChI is InChI=1S/C8H8ClNO4/c9-7(8(13)14)10-4-1-2-5(11)6(12)3-4/h1-3,7,10-12H,(H,13,14). The van der Waals surface area contributed by atoms with Crippen molar-refractivity contribution in [2.75, 3.05) is 5.32 Å². The van der Waals surface area contributed by atoms with Crippen LogP contribution in [0.2, 0.25) is 0 Å². The maximum absolute atomic E-state index is 10.3. The molecule has 14 heavy (non-hydrogen) atoms. The van der Waals surface area contributed by atoms with E-state index in [4.69, 9.17) is 26.9 Å². The molecule has 76 valence electrons. The number of halogens is 1. The van der Waals surface area contributed by atoms with Gasteiger partial charge in [0.15, 0.2) is 17.0 Å². The van der Waals surface area contributed by atoms with Gasteiger partial charge >= 0.3 is 5.97 Å². The molecule has 0 bridgehead atoms. The molecule has 0 saturated heterocycles. The van der Waals surface area contributed by atoms with Crippen molar-refractivity contribution in [3.05, 3.63) is 18.2 Å². The Kier molecular flexibility index (Phi) is 3.03. The van der Waals surface area contributed by atoms with Crippen molar-refractivity contribution in [2.45, 2.75) is 5.50 Å². The second-order valence-corrected chi connectivity index (χ2v) is 2.99. The highest BCUT2D eigenvalue weighted by Crippen LogP contribution is 2.27. The zero-order chi connectivity index (χ0) is 10.7. The molecular formula is C8H8ClNO4. The highest BCUT2D eigenvalue weighted by Gasteiger charge is 2.13. The third kappa shape index (κ3) is 2.43. The third-order valence-corrected chi connectivity index (χ3v) is 1.78. The summed E-state index contributed by atoms with van der Waals surface area (Å²) in [4.78, 5) is 10.3. The van der Waals surface area contributed by atoms with E-state index in [1.807, 2.05) is 0 Å². The molecule has 0 aliphatic rings. The number of carbonyl (C=O) groups is 1. The van der Waals surface area contributed by atoms with Crippen LogP contribution in [0, 0.1) is 0 Å². The summed E-state index contributed by atoms with van der Waals surface area (Å²) in [6, 6.07) is 3.80. The molecule has 1 atom stereocenters. The molecule has 0 saturated carbocycles. The van der Waals surface area contributed by atoms with Gasteiger partial charge < -0.3 is 20.6 Å². The lowest BCUT2D eigenvalue weighted by molar-refractivity contribution is -0.136. The van der Waals surface area contributed by atoms with Crippen molar-refractivity contribution in [1.82, 2.24) is 0 Å². The van der Waals surface area contributed by atoms with E-state index in [0.29, 0.717) is 5.69 Å². The Morgan fingerprint density at radius 2 is 2.00 bits per heavy atom. The van der Waals surface area contributed by atoms with Gasteiger partial charge in [-0.05, 0) is 12.1 Å². The van der Waals surface area contributed by atoms with Gasteiger partial charge in [-0.3, -0.25) is 0 Å². The minimum absolute atomic E-state index is 0.281. The highest BCUT2D eigenvalue weighted by atomic mass is 35.5. The van der Waals surface area contributed by atoms with Gasteiger partial charge in [0.1, 0.15) is 0 Å². The largest absolute Gasteiger partial charge is 0.504 e. The molecule has 0 amide bonds. The molecule has 0 aliphatic carbocycles. The second-order valence-electron chi connectivity index (χ2n) is 2.55. The molecule has 0 fully saturated rings. The quantitative estimate of drug-likeness (QED) is 0.264. The molecule has 4 N–H and O–H groups in total. The molecular weight excluding hydrogens is 210 g/mol. The second kappa shape index (κ2) is 4.06. The summed E-state index contributed by atoms with van der Waals surface area (Å²) in [5.41, 5.74) is -0.971. The number of hydrogen-bond acceptors (Lipinski definition) is 4. The lowest BCUT2D eigenvalue weighted by Crippen LogP contribution is -2.22. The van der Waals surface area contributed by atoms with Gasteiger partial charge in [-0.25, -0.2) is 4.79 Å². The number of hydrogen-bond donors (Lipinski definition) is 4. The van der Waals surface area contributed by atoms with Crippen LogP contribution in [0.15, 0.2) is 18.2 Å². The van der Waals surface area contributed by atoms with Gasteiger partial charge in [0.2, 0.25) is 0 Å². The topological polar surface area (TPSA) is 89.8 Å². The molecule has 1 aromatic carbocycles. The van der Waals surface area contributed by atoms with E-state index < -0.39 is 11.5 Å². The number of phenols is 2. The fourth-order valence-electron chi connectivity index (χ4n) is 0.821. The molecule has 0 heterocycles. The van der Waals surface area contributed by atoms with Gasteiger partial charge in [-0.2, -0.15) is 0 Å². The maximum Gasteiger partial charge on any atom is 0.341 e. The number of alkyl halides is 1. The summed E-state index contributed by atoms with van der Waals surface area (Å²) in [5, 5.41) is 28.9. The number of aliphatic carboxylic acids is 1. The molecule has 0 aliphatic heterocycles. The summed E-state index contributed by atoms with van der Waals surface area (Å²) in [6.07, 6.45) is 0. The number of carboxylic acid groups (broad SMARTS) is 1. The number of anilines is 1. The van der Waals surface area contributed by atoms with Crippen molar-refractivity contribution in [3.8, 4) is 11.5 Å². The van der Waals surface area contributed by atoms with Gasteiger partial charge in [0, 0.05) is 11.8 Å². The molecule has 5 nitrogen and oxygen atoms in total. The normalized spacial score (nSPS) is 12.1. The van der Waals surface area contributed by atoms with Gasteiger partial charge in [-0.15, -0.1) is 0 Å². The molecule has 1 unspecified atom stereocenters. The van der Waals surface area contributed by atoms with Crippen LogP contribution in [-0.2, 0) is 4.79 Å². The molecule has 1 rings (SSSR count). The Balaban J connectivity index is 2.78. The number of benzene rings is 1. The zero-order valence-corrected chi connectivity index (χ0v) is 7.69. The predicted molar refractivity (Wildman–Crippen MR) is 50.7 cm³/mol. The fraction of sp³-hybridized carbons (Fsp3) is 0.125. The Morgan fingerprint density at radius 1 is 1.36 bits per heavy atom. The first-order valence-electron chi connectivity index (χ1n) is 3.66. The van der Waals surface area contributed by atoms with Crippen molar-refractivity contribution in [1.29, 1.82) is 0 Å². The molecule has 0 radical (unpaired) electrons. The van der Waals surface area contributed by atoms with Crippen molar-refractivity contribution in [3.63, 3.8) is 0 Å². The Bertz CT molecular complexity index is 355. The van der Waals surface area contributed by atoms with E-state index in [1.54, 1.807) is 0 Å². The van der Waals surface area contributed by atoms with Crippen LogP contribution >= 0.6 is 11.6 Å². The van der Waals surface area contributed by atoms with Crippen LogP contribution in [0.1, 0.15) is 0 Å². The first kappa shape index (κ1) is 10.5. The summed E-state index contributed by atoms with van der Waals surface area (Å²) < 4.78 is 0. The average molecular weight is 218 g/mol. The number of phenolic OH excluding ortho intramolecular Hbond substituents is 2. The van der Waals surface area contributed by atoms with Crippen LogP contribution in [-0.4, -0.2) is 26.8 Å². The molecule has 6 heteroatoms. The minimum Gasteiger partial charge on any atom is -0.504 e. The van der Waals surface area contributed by atoms with Gasteiger partial charge in [0.25, 0.3) is 0 Å². The highest BCUT2D eigenvalue weighted by molar-refractivity contribution is 6.30. The lowest BCUT2D eigenvalue weighted by atomic mass is 10.3. The maximum atomic E-state index is 10.3. The number of nitrogens with one attached hydrogen (secondary N) is 1. The third-order valence-electron chi connectivity index (χ3n) is 1.49. The van der Waals surface area contributed by atoms with Crippen LogP contribution in [0.4, 0.5) is 5.69 Å². The summed E-state index contributed by atoms with van der Waals surface area (Å²) >= 11 is 5.39. The zero-order valence-electron chi connectivity index (χ0n) is 6.94. The van der Waals surface area contributed by atoms with E-state index in [2.05, 4.69) is 5.32 Å². The summed E-state index contributed by atoms with van der Waals surface area (Å²) in [5.74, 6) is -1.85. The molecule has 0 spiro atoms. The van der Waals surface area contributed by atoms with E-state index in [-0.39, 0.29) is 11.5 Å². The minimum atomic E-state index is -1.28. The number of carboxylic acids is 1. The lowest BCUT2D eigenvalue weighted by Gasteiger charge is -2.09. The Hall–Kier alpha value is -1.62. The van der Waals surface area contributed by atoms with E-state index >= 15 is 0 Å². The summed E-state index contributed by atoms with van der Waals surface area (Å²) in [7, 11) is 0. The van der Waals surface area contributed by atoms with Crippen molar-refractivity contribution in [2.24, 2.45) is 0 Å². The van der Waals surface area contributed by atoms with Crippen molar-refractivity contribution < 1.29 is 20.1 Å². The first-order valence-corrected chi connectivity index (χ1v) is 4.09. The van der Waals surface area contributed by atoms with Crippen LogP contribution in [0.5, 0.6) is 11.5 Å². The van der Waals surface area contributed by atoms with Crippen molar-refractivity contribution >= 4 is 23.3 Å².